The van der Waals surface area contributed by atoms with Crippen molar-refractivity contribution >= 4 is 29.9 Å². The molecule has 0 aliphatic carbocycles. The van der Waals surface area contributed by atoms with Crippen molar-refractivity contribution in [2.24, 2.45) is 0 Å². The van der Waals surface area contributed by atoms with E-state index in [4.69, 9.17) is 23.7 Å². The molecule has 1 aromatic carbocycles. The third-order valence-corrected chi connectivity index (χ3v) is 6.44. The van der Waals surface area contributed by atoms with Gasteiger partial charge in [-0.15, -0.1) is 0 Å². The van der Waals surface area contributed by atoms with Crippen molar-refractivity contribution in [3.8, 4) is 0 Å². The predicted octanol–water partition coefficient (Wildman–Crippen LogP) is 0.481. The number of ether oxygens (including phenoxy) is 5. The number of nitrogens with zero attached hydrogens (tertiary/aromatic N) is 1. The van der Waals surface area contributed by atoms with Gasteiger partial charge in [0.2, 0.25) is 5.91 Å². The van der Waals surface area contributed by atoms with Gasteiger partial charge >= 0.3 is 29.7 Å². The van der Waals surface area contributed by atoms with Crippen LogP contribution in [0.1, 0.15) is 53.3 Å². The predicted molar refractivity (Wildman–Crippen MR) is 158 cm³/mol. The van der Waals surface area contributed by atoms with Gasteiger partial charge in [-0.1, -0.05) is 30.3 Å². The molecule has 2 heterocycles. The Labute approximate surface area is 263 Å². The molecule has 16 nitrogen and oxygen atoms in total. The van der Waals surface area contributed by atoms with Crippen LogP contribution in [0.3, 0.4) is 0 Å². The fourth-order valence-electron chi connectivity index (χ4n) is 4.70. The molecule has 6 atom stereocenters. The molecule has 0 spiro atoms. The zero-order valence-corrected chi connectivity index (χ0v) is 26.3. The number of nitrogens with one attached hydrogen (secondary N) is 3. The van der Waals surface area contributed by atoms with Gasteiger partial charge in [0.05, 0.1) is 6.04 Å². The Morgan fingerprint density at radius 3 is 2.11 bits per heavy atom. The van der Waals surface area contributed by atoms with Gasteiger partial charge in [0, 0.05) is 39.5 Å². The molecule has 250 valence electrons. The molecule has 3 rings (SSSR count). The molecule has 0 unspecified atom stereocenters. The number of carbonyl (C=O) groups excluding carboxylic acids is 5. The molecule has 3 N–H and O–H groups in total. The Morgan fingerprint density at radius 1 is 0.913 bits per heavy atom. The number of H-pyrrole nitrogens is 1. The summed E-state index contributed by atoms with van der Waals surface area (Å²) in [6.45, 7) is 7.75. The van der Waals surface area contributed by atoms with E-state index in [-0.39, 0.29) is 6.42 Å². The SMILES string of the molecule is CC(=O)OC[C@@H](NC(=O)[C@@H](Cc1ccccc1)NC(=O)OC(C)(C)C)[C@H]1O[C@@H](n2ccc(=O)[nH]c2=O)[C@H](OC(C)=O)[C@@H]1OC(C)=O. The van der Waals surface area contributed by atoms with E-state index in [9.17, 15) is 33.6 Å². The van der Waals surface area contributed by atoms with Crippen molar-refractivity contribution in [3.63, 3.8) is 0 Å². The number of hydrogen-bond acceptors (Lipinski definition) is 12. The Bertz CT molecular complexity index is 1530. The van der Waals surface area contributed by atoms with Crippen molar-refractivity contribution in [2.75, 3.05) is 6.61 Å². The van der Waals surface area contributed by atoms with Crippen LogP contribution >= 0.6 is 0 Å². The Hall–Kier alpha value is -4.99. The van der Waals surface area contributed by atoms with E-state index in [1.54, 1.807) is 51.1 Å². The van der Waals surface area contributed by atoms with Crippen LogP contribution in [0, 0.1) is 0 Å². The molecule has 1 aliphatic rings. The molecular formula is C30H38N4O12. The number of aromatic amines is 1. The second-order valence-electron chi connectivity index (χ2n) is 11.5. The highest BCUT2D eigenvalue weighted by Crippen LogP contribution is 2.35. The molecule has 1 aromatic heterocycles. The summed E-state index contributed by atoms with van der Waals surface area (Å²) in [5.74, 6) is -3.13. The van der Waals surface area contributed by atoms with Gasteiger partial charge in [0.1, 0.15) is 24.4 Å². The third kappa shape index (κ3) is 10.3. The normalized spacial score (nSPS) is 20.5. The fourth-order valence-corrected chi connectivity index (χ4v) is 4.70. The molecular weight excluding hydrogens is 608 g/mol. The second kappa shape index (κ2) is 15.3. The first-order valence-corrected chi connectivity index (χ1v) is 14.3. The summed E-state index contributed by atoms with van der Waals surface area (Å²) < 4.78 is 28.5. The van der Waals surface area contributed by atoms with E-state index in [1.165, 1.54) is 0 Å². The summed E-state index contributed by atoms with van der Waals surface area (Å²) in [6, 6.07) is 7.31. The highest BCUT2D eigenvalue weighted by molar-refractivity contribution is 5.86. The summed E-state index contributed by atoms with van der Waals surface area (Å²) >= 11 is 0. The number of amides is 2. The first kappa shape index (κ1) is 35.5. The van der Waals surface area contributed by atoms with Crippen LogP contribution < -0.4 is 21.9 Å². The lowest BCUT2D eigenvalue weighted by atomic mass is 10.0. The summed E-state index contributed by atoms with van der Waals surface area (Å²) in [6.07, 6.45) is -5.50. The smallest absolute Gasteiger partial charge is 0.408 e. The van der Waals surface area contributed by atoms with Gasteiger partial charge in [-0.25, -0.2) is 9.59 Å². The van der Waals surface area contributed by atoms with Crippen molar-refractivity contribution < 1.29 is 47.7 Å². The molecule has 0 bridgehead atoms. The minimum Gasteiger partial charge on any atom is -0.464 e. The summed E-state index contributed by atoms with van der Waals surface area (Å²) in [7, 11) is 0. The van der Waals surface area contributed by atoms with Crippen LogP contribution in [0.2, 0.25) is 0 Å². The molecule has 1 saturated heterocycles. The summed E-state index contributed by atoms with van der Waals surface area (Å²) in [5.41, 5.74) is -1.82. The Balaban J connectivity index is 2.03. The van der Waals surface area contributed by atoms with Gasteiger partial charge < -0.3 is 34.3 Å². The lowest BCUT2D eigenvalue weighted by Gasteiger charge is -2.30. The first-order chi connectivity index (χ1) is 21.5. The summed E-state index contributed by atoms with van der Waals surface area (Å²) in [5, 5.41) is 5.24. The second-order valence-corrected chi connectivity index (χ2v) is 11.5. The van der Waals surface area contributed by atoms with Gasteiger partial charge in [0.25, 0.3) is 5.56 Å². The third-order valence-electron chi connectivity index (χ3n) is 6.44. The fraction of sp³-hybridized carbons (Fsp3) is 0.500. The molecule has 1 aliphatic heterocycles. The van der Waals surface area contributed by atoms with Crippen molar-refractivity contribution in [1.29, 1.82) is 0 Å². The van der Waals surface area contributed by atoms with Crippen LogP contribution in [0.5, 0.6) is 0 Å². The van der Waals surface area contributed by atoms with E-state index in [0.29, 0.717) is 5.56 Å². The number of aromatic nitrogens is 2. The van der Waals surface area contributed by atoms with Gasteiger partial charge in [0.15, 0.2) is 18.4 Å². The lowest BCUT2D eigenvalue weighted by Crippen LogP contribution is -2.57. The minimum absolute atomic E-state index is 0.0244. The summed E-state index contributed by atoms with van der Waals surface area (Å²) in [4.78, 5) is 89.2. The van der Waals surface area contributed by atoms with Crippen molar-refractivity contribution in [1.82, 2.24) is 20.2 Å². The van der Waals surface area contributed by atoms with E-state index in [0.717, 1.165) is 37.6 Å². The van der Waals surface area contributed by atoms with Crippen LogP contribution in [0.25, 0.3) is 0 Å². The Kier molecular flexibility index (Phi) is 11.8. The van der Waals surface area contributed by atoms with Gasteiger partial charge in [-0.3, -0.25) is 33.5 Å². The van der Waals surface area contributed by atoms with Crippen molar-refractivity contribution in [2.45, 2.75) is 90.2 Å². The topological polar surface area (TPSA) is 210 Å². The highest BCUT2D eigenvalue weighted by Gasteiger charge is 2.54. The average molecular weight is 647 g/mol. The van der Waals surface area contributed by atoms with Gasteiger partial charge in [-0.2, -0.15) is 0 Å². The van der Waals surface area contributed by atoms with E-state index in [1.807, 2.05) is 0 Å². The maximum Gasteiger partial charge on any atom is 0.408 e. The van der Waals surface area contributed by atoms with E-state index >= 15 is 0 Å². The number of benzene rings is 1. The maximum absolute atomic E-state index is 13.8. The maximum atomic E-state index is 13.8. The quantitative estimate of drug-likeness (QED) is 0.225. The zero-order valence-electron chi connectivity index (χ0n) is 26.3. The minimum atomic E-state index is -1.46. The molecule has 16 heteroatoms. The Morgan fingerprint density at radius 2 is 1.54 bits per heavy atom. The molecule has 1 fully saturated rings. The monoisotopic (exact) mass is 646 g/mol. The van der Waals surface area contributed by atoms with Gasteiger partial charge in [-0.05, 0) is 26.3 Å². The number of hydrogen-bond donors (Lipinski definition) is 3. The number of alkyl carbamates (subject to hydrolysis) is 1. The van der Waals surface area contributed by atoms with Crippen LogP contribution in [0.15, 0.2) is 52.2 Å². The lowest BCUT2D eigenvalue weighted by molar-refractivity contribution is -0.166. The number of carbonyl (C=O) groups is 5. The van der Waals surface area contributed by atoms with Crippen LogP contribution in [-0.4, -0.2) is 82.1 Å². The van der Waals surface area contributed by atoms with Crippen LogP contribution in [0.4, 0.5) is 4.79 Å². The molecule has 46 heavy (non-hydrogen) atoms. The van der Waals surface area contributed by atoms with Crippen molar-refractivity contribution in [3.05, 3.63) is 69.0 Å². The number of rotatable bonds is 11. The first-order valence-electron chi connectivity index (χ1n) is 14.3. The van der Waals surface area contributed by atoms with Crippen LogP contribution in [-0.2, 0) is 49.3 Å². The molecule has 0 saturated carbocycles. The number of esters is 3. The van der Waals surface area contributed by atoms with E-state index in [2.05, 4.69) is 15.6 Å². The molecule has 2 amide bonds. The largest absolute Gasteiger partial charge is 0.464 e. The molecule has 0 radical (unpaired) electrons. The molecule has 2 aromatic rings. The zero-order chi connectivity index (χ0) is 34.2. The highest BCUT2D eigenvalue weighted by atomic mass is 16.6. The average Bonchev–Trinajstić information content (AvgIpc) is 3.26. The van der Waals surface area contributed by atoms with E-state index < -0.39 is 90.0 Å². The standard InChI is InChI=1S/C30H38N4O12/c1-16(35)42-15-21(31-26(39)20(14-19-10-8-7-9-11-19)32-29(41)46-30(4,5)6)23-24(43-17(2)36)25(44-18(3)37)27(45-23)34-13-12-22(38)33-28(34)40/h7-13,20-21,23-25,27H,14-15H2,1-6H3,(H,31,39)(H,32,41)(H,33,38,40)/t20-,21-,23-,24-,25-,27-/m1/s1.